The molecule has 1 atom stereocenters. The second kappa shape index (κ2) is 8.51. The Labute approximate surface area is 129 Å². The molecule has 0 radical (unpaired) electrons. The fraction of sp³-hybridized carbons (Fsp3) is 0.625. The van der Waals surface area contributed by atoms with E-state index in [1.54, 1.807) is 0 Å². The molecule has 0 fully saturated rings. The van der Waals surface area contributed by atoms with Crippen molar-refractivity contribution in [2.24, 2.45) is 0 Å². The third kappa shape index (κ3) is 7.60. The van der Waals surface area contributed by atoms with E-state index in [4.69, 9.17) is 0 Å². The number of nitrogens with one attached hydrogen (secondary N) is 1. The van der Waals surface area contributed by atoms with Crippen molar-refractivity contribution in [2.45, 2.75) is 26.3 Å². The van der Waals surface area contributed by atoms with E-state index in [1.165, 1.54) is 17.4 Å². The van der Waals surface area contributed by atoms with Crippen molar-refractivity contribution < 1.29 is 8.42 Å². The fourth-order valence-corrected chi connectivity index (χ4v) is 2.79. The molecule has 0 bridgehead atoms. The number of rotatable bonds is 9. The van der Waals surface area contributed by atoms with Crippen LogP contribution in [0.4, 0.5) is 0 Å². The first kappa shape index (κ1) is 18.1. The molecule has 1 aromatic carbocycles. The molecule has 0 heterocycles. The van der Waals surface area contributed by atoms with Crippen molar-refractivity contribution in [2.75, 3.05) is 38.7 Å². The molecule has 1 N–H and O–H groups in total. The van der Waals surface area contributed by atoms with Gasteiger partial charge in [0.15, 0.2) is 0 Å². The number of hydrogen-bond acceptors (Lipinski definition) is 4. The summed E-state index contributed by atoms with van der Waals surface area (Å²) >= 11 is 0. The van der Waals surface area contributed by atoms with Gasteiger partial charge in [0.25, 0.3) is 0 Å². The zero-order valence-corrected chi connectivity index (χ0v) is 14.4. The first-order valence-electron chi connectivity index (χ1n) is 7.47. The maximum atomic E-state index is 11.2. The maximum Gasteiger partial charge on any atom is 0.148 e. The van der Waals surface area contributed by atoms with Gasteiger partial charge in [-0.1, -0.05) is 38.1 Å². The summed E-state index contributed by atoms with van der Waals surface area (Å²) < 4.78 is 22.3. The third-order valence-corrected chi connectivity index (χ3v) is 4.47. The quantitative estimate of drug-likeness (QED) is 0.756. The minimum absolute atomic E-state index is 0.210. The Bertz CT molecular complexity index is 512. The van der Waals surface area contributed by atoms with Crippen LogP contribution in [-0.2, 0) is 16.4 Å². The maximum absolute atomic E-state index is 11.2. The molecule has 0 spiro atoms. The van der Waals surface area contributed by atoms with Gasteiger partial charge >= 0.3 is 0 Å². The lowest BCUT2D eigenvalue weighted by Gasteiger charge is -2.17. The lowest BCUT2D eigenvalue weighted by molar-refractivity contribution is 0.346. The van der Waals surface area contributed by atoms with Gasteiger partial charge < -0.3 is 10.2 Å². The van der Waals surface area contributed by atoms with E-state index in [-0.39, 0.29) is 5.75 Å². The monoisotopic (exact) mass is 312 g/mol. The van der Waals surface area contributed by atoms with E-state index in [9.17, 15) is 8.42 Å². The minimum Gasteiger partial charge on any atom is -0.316 e. The van der Waals surface area contributed by atoms with Crippen molar-refractivity contribution in [3.63, 3.8) is 0 Å². The molecule has 120 valence electrons. The van der Waals surface area contributed by atoms with Crippen LogP contribution >= 0.6 is 0 Å². The highest BCUT2D eigenvalue weighted by Gasteiger charge is 2.08. The first-order valence-corrected chi connectivity index (χ1v) is 9.53. The molecule has 0 aliphatic heterocycles. The molecule has 1 aromatic rings. The van der Waals surface area contributed by atoms with Crippen LogP contribution in [0.2, 0.25) is 0 Å². The van der Waals surface area contributed by atoms with E-state index >= 15 is 0 Å². The van der Waals surface area contributed by atoms with Gasteiger partial charge in [0.1, 0.15) is 9.84 Å². The van der Waals surface area contributed by atoms with Gasteiger partial charge in [-0.15, -0.1) is 0 Å². The molecule has 1 unspecified atom stereocenters. The Morgan fingerprint density at radius 1 is 1.24 bits per heavy atom. The molecule has 4 nitrogen and oxygen atoms in total. The number of likely N-dealkylation sites (N-methyl/N-ethyl adjacent to an activating group) is 1. The van der Waals surface area contributed by atoms with E-state index < -0.39 is 9.84 Å². The lowest BCUT2D eigenvalue weighted by Crippen LogP contribution is -2.24. The predicted octanol–water partition coefficient (Wildman–Crippen LogP) is 1.88. The molecule has 0 aliphatic carbocycles. The van der Waals surface area contributed by atoms with E-state index in [0.717, 1.165) is 19.6 Å². The summed E-state index contributed by atoms with van der Waals surface area (Å²) in [6.45, 7) is 7.66. The second-order valence-corrected chi connectivity index (χ2v) is 8.08. The number of sulfone groups is 1. The molecule has 5 heteroatoms. The highest BCUT2D eigenvalue weighted by Crippen LogP contribution is 2.15. The molecule has 1 rings (SSSR count). The second-order valence-electron chi connectivity index (χ2n) is 5.82. The summed E-state index contributed by atoms with van der Waals surface area (Å²) in [5.74, 6) is 0.711. The smallest absolute Gasteiger partial charge is 0.148 e. The summed E-state index contributed by atoms with van der Waals surface area (Å²) in [6.07, 6.45) is 1.28. The summed E-state index contributed by atoms with van der Waals surface area (Å²) in [4.78, 5) is 2.04. The molecule has 0 amide bonds. The van der Waals surface area contributed by atoms with Gasteiger partial charge in [0.2, 0.25) is 0 Å². The molecule has 0 aromatic heterocycles. The summed E-state index contributed by atoms with van der Waals surface area (Å²) in [5.41, 5.74) is 2.55. The molecular weight excluding hydrogens is 284 g/mol. The topological polar surface area (TPSA) is 49.4 Å². The molecule has 0 aliphatic rings. The van der Waals surface area contributed by atoms with Gasteiger partial charge in [-0.25, -0.2) is 8.42 Å². The largest absolute Gasteiger partial charge is 0.316 e. The van der Waals surface area contributed by atoms with Gasteiger partial charge in [0, 0.05) is 25.9 Å². The Balaban J connectivity index is 2.50. The van der Waals surface area contributed by atoms with Crippen LogP contribution in [0, 0.1) is 0 Å². The SMILES string of the molecule is CCNCC(C)c1ccc(CN(C)CCS(C)(=O)=O)cc1. The Morgan fingerprint density at radius 3 is 2.38 bits per heavy atom. The summed E-state index contributed by atoms with van der Waals surface area (Å²) in [7, 11) is -0.936. The average molecular weight is 312 g/mol. The average Bonchev–Trinajstić information content (AvgIpc) is 2.42. The zero-order valence-electron chi connectivity index (χ0n) is 13.6. The standard InChI is InChI=1S/C16H28N2O2S/c1-5-17-12-14(2)16-8-6-15(7-9-16)13-18(3)10-11-21(4,19)20/h6-9,14,17H,5,10-13H2,1-4H3. The summed E-state index contributed by atoms with van der Waals surface area (Å²) in [6, 6.07) is 8.60. The van der Waals surface area contributed by atoms with E-state index in [1.807, 2.05) is 11.9 Å². The van der Waals surface area contributed by atoms with Crippen LogP contribution < -0.4 is 5.32 Å². The molecular formula is C16H28N2O2S. The Morgan fingerprint density at radius 2 is 1.86 bits per heavy atom. The van der Waals surface area contributed by atoms with Crippen molar-refractivity contribution >= 4 is 9.84 Å². The molecule has 0 saturated carbocycles. The van der Waals surface area contributed by atoms with E-state index in [2.05, 4.69) is 43.4 Å². The van der Waals surface area contributed by atoms with Gasteiger partial charge in [-0.2, -0.15) is 0 Å². The molecule has 21 heavy (non-hydrogen) atoms. The third-order valence-electron chi connectivity index (χ3n) is 3.55. The zero-order chi connectivity index (χ0) is 15.9. The molecule has 0 saturated heterocycles. The number of nitrogens with zero attached hydrogens (tertiary/aromatic N) is 1. The van der Waals surface area contributed by atoms with Crippen molar-refractivity contribution in [1.29, 1.82) is 0 Å². The first-order chi connectivity index (χ1) is 9.81. The van der Waals surface area contributed by atoms with Gasteiger partial charge in [-0.3, -0.25) is 0 Å². The van der Waals surface area contributed by atoms with Crippen LogP contribution in [0.5, 0.6) is 0 Å². The van der Waals surface area contributed by atoms with Crippen molar-refractivity contribution in [3.05, 3.63) is 35.4 Å². The van der Waals surface area contributed by atoms with Gasteiger partial charge in [0.05, 0.1) is 5.75 Å². The minimum atomic E-state index is -2.89. The Hall–Kier alpha value is -0.910. The normalized spacial score (nSPS) is 13.6. The van der Waals surface area contributed by atoms with Crippen LogP contribution in [0.25, 0.3) is 0 Å². The summed E-state index contributed by atoms with van der Waals surface area (Å²) in [5, 5.41) is 3.36. The predicted molar refractivity (Wildman–Crippen MR) is 89.4 cm³/mol. The lowest BCUT2D eigenvalue weighted by atomic mass is 9.99. The van der Waals surface area contributed by atoms with Crippen LogP contribution in [0.3, 0.4) is 0 Å². The highest BCUT2D eigenvalue weighted by molar-refractivity contribution is 7.90. The van der Waals surface area contributed by atoms with Crippen LogP contribution in [-0.4, -0.2) is 52.0 Å². The number of benzene rings is 1. The van der Waals surface area contributed by atoms with Crippen LogP contribution in [0.15, 0.2) is 24.3 Å². The van der Waals surface area contributed by atoms with Crippen molar-refractivity contribution in [3.8, 4) is 0 Å². The highest BCUT2D eigenvalue weighted by atomic mass is 32.2. The van der Waals surface area contributed by atoms with E-state index in [0.29, 0.717) is 12.5 Å². The van der Waals surface area contributed by atoms with Crippen molar-refractivity contribution in [1.82, 2.24) is 10.2 Å². The number of hydrogen-bond donors (Lipinski definition) is 1. The Kier molecular flexibility index (Phi) is 7.35. The fourth-order valence-electron chi connectivity index (χ4n) is 2.14. The van der Waals surface area contributed by atoms with Gasteiger partial charge in [-0.05, 0) is 30.6 Å². The van der Waals surface area contributed by atoms with Crippen LogP contribution in [0.1, 0.15) is 30.9 Å².